The minimum Gasteiger partial charge on any atom is -0.481 e. The quantitative estimate of drug-likeness (QED) is 0.851. The average Bonchev–Trinajstić information content (AvgIpc) is 2.98. The van der Waals surface area contributed by atoms with E-state index in [4.69, 9.17) is 5.11 Å². The fourth-order valence-corrected chi connectivity index (χ4v) is 1.92. The molecule has 1 aromatic carbocycles. The van der Waals surface area contributed by atoms with Gasteiger partial charge in [0.25, 0.3) is 5.91 Å². The molecule has 0 atom stereocenters. The molecule has 0 saturated carbocycles. The lowest BCUT2D eigenvalue weighted by atomic mass is 9.93. The number of nitrogens with one attached hydrogen (secondary N) is 1. The van der Waals surface area contributed by atoms with Gasteiger partial charge in [-0.2, -0.15) is 5.10 Å². The number of carboxylic acid groups (broad SMARTS) is 1. The smallest absolute Gasteiger partial charge is 0.310 e. The Morgan fingerprint density at radius 3 is 2.64 bits per heavy atom. The molecule has 0 aliphatic heterocycles. The summed E-state index contributed by atoms with van der Waals surface area (Å²) in [7, 11) is 0. The molecular weight excluding hydrogens is 282 g/mol. The zero-order chi connectivity index (χ0) is 16.2. The minimum absolute atomic E-state index is 0.0667. The van der Waals surface area contributed by atoms with Crippen molar-refractivity contribution in [2.45, 2.75) is 20.4 Å². The maximum atomic E-state index is 12.3. The van der Waals surface area contributed by atoms with E-state index in [-0.39, 0.29) is 12.5 Å². The summed E-state index contributed by atoms with van der Waals surface area (Å²) >= 11 is 0. The van der Waals surface area contributed by atoms with Gasteiger partial charge in [-0.05, 0) is 31.5 Å². The lowest BCUT2D eigenvalue weighted by Gasteiger charge is -2.20. The summed E-state index contributed by atoms with van der Waals surface area (Å²) < 4.78 is 1.73. The Balaban J connectivity index is 2.11. The highest BCUT2D eigenvalue weighted by molar-refractivity contribution is 5.96. The number of rotatable bonds is 6. The van der Waals surface area contributed by atoms with Crippen LogP contribution in [0.5, 0.6) is 0 Å². The first kappa shape index (κ1) is 15.8. The lowest BCUT2D eigenvalue weighted by molar-refractivity contribution is -0.146. The van der Waals surface area contributed by atoms with Crippen LogP contribution in [0.3, 0.4) is 0 Å². The molecule has 116 valence electrons. The molecule has 22 heavy (non-hydrogen) atoms. The highest BCUT2D eigenvalue weighted by atomic mass is 16.4. The molecular formula is C16H19N3O3. The second-order valence-electron chi connectivity index (χ2n) is 5.73. The number of carbonyl (C=O) groups excluding carboxylic acids is 1. The van der Waals surface area contributed by atoms with Gasteiger partial charge in [-0.15, -0.1) is 0 Å². The van der Waals surface area contributed by atoms with Gasteiger partial charge in [0.1, 0.15) is 0 Å². The molecule has 0 radical (unpaired) electrons. The second-order valence-corrected chi connectivity index (χ2v) is 5.73. The van der Waals surface area contributed by atoms with Crippen molar-refractivity contribution in [1.82, 2.24) is 15.1 Å². The lowest BCUT2D eigenvalue weighted by Crippen LogP contribution is -2.39. The normalized spacial score (nSPS) is 11.2. The van der Waals surface area contributed by atoms with Gasteiger partial charge in [0, 0.05) is 24.5 Å². The van der Waals surface area contributed by atoms with Crippen LogP contribution >= 0.6 is 0 Å². The van der Waals surface area contributed by atoms with Crippen LogP contribution < -0.4 is 5.32 Å². The molecule has 0 aliphatic rings. The Bertz CT molecular complexity index is 663. The summed E-state index contributed by atoms with van der Waals surface area (Å²) in [4.78, 5) is 23.4. The zero-order valence-corrected chi connectivity index (χ0v) is 12.6. The monoisotopic (exact) mass is 301 g/mol. The van der Waals surface area contributed by atoms with Crippen LogP contribution in [0.2, 0.25) is 0 Å². The van der Waals surface area contributed by atoms with Gasteiger partial charge in [0.05, 0.1) is 12.0 Å². The molecule has 2 N–H and O–H groups in total. The summed E-state index contributed by atoms with van der Waals surface area (Å²) in [5, 5.41) is 15.9. The minimum atomic E-state index is -1.01. The molecule has 0 spiro atoms. The Hall–Kier alpha value is -2.63. The Morgan fingerprint density at radius 1 is 1.27 bits per heavy atom. The second kappa shape index (κ2) is 6.43. The van der Waals surface area contributed by atoms with Crippen LogP contribution in [-0.2, 0) is 11.3 Å². The molecule has 0 fully saturated rings. The predicted octanol–water partition coefficient (Wildman–Crippen LogP) is 1.77. The third-order valence-corrected chi connectivity index (χ3v) is 3.42. The molecule has 6 heteroatoms. The number of nitrogens with zero attached hydrogens (tertiary/aromatic N) is 2. The summed E-state index contributed by atoms with van der Waals surface area (Å²) in [5.41, 5.74) is 0.350. The van der Waals surface area contributed by atoms with Crippen LogP contribution in [0.4, 0.5) is 0 Å². The number of carboxylic acids is 1. The van der Waals surface area contributed by atoms with Gasteiger partial charge in [0.15, 0.2) is 0 Å². The highest BCUT2D eigenvalue weighted by Crippen LogP contribution is 2.15. The first-order valence-electron chi connectivity index (χ1n) is 6.97. The molecule has 2 aromatic rings. The number of amides is 1. The van der Waals surface area contributed by atoms with Crippen molar-refractivity contribution in [3.63, 3.8) is 0 Å². The first-order valence-corrected chi connectivity index (χ1v) is 6.97. The van der Waals surface area contributed by atoms with E-state index in [0.717, 1.165) is 5.56 Å². The number of benzene rings is 1. The van der Waals surface area contributed by atoms with Gasteiger partial charge in [-0.3, -0.25) is 14.3 Å². The molecule has 1 amide bonds. The topological polar surface area (TPSA) is 84.2 Å². The van der Waals surface area contributed by atoms with Crippen molar-refractivity contribution >= 4 is 11.9 Å². The van der Waals surface area contributed by atoms with Crippen LogP contribution in [0, 0.1) is 5.41 Å². The van der Waals surface area contributed by atoms with E-state index < -0.39 is 11.4 Å². The summed E-state index contributed by atoms with van der Waals surface area (Å²) in [6.45, 7) is 3.70. The van der Waals surface area contributed by atoms with Crippen LogP contribution in [0.15, 0.2) is 42.7 Å². The van der Waals surface area contributed by atoms with E-state index in [1.807, 2.05) is 24.4 Å². The first-order chi connectivity index (χ1) is 10.4. The molecule has 1 aromatic heterocycles. The predicted molar refractivity (Wildman–Crippen MR) is 81.5 cm³/mol. The fourth-order valence-electron chi connectivity index (χ4n) is 1.92. The maximum absolute atomic E-state index is 12.3. The number of hydrogen-bond acceptors (Lipinski definition) is 3. The molecule has 0 aliphatic carbocycles. The van der Waals surface area contributed by atoms with Gasteiger partial charge in [-0.1, -0.05) is 18.2 Å². The number of aromatic nitrogens is 2. The van der Waals surface area contributed by atoms with E-state index in [1.54, 1.807) is 36.9 Å². The van der Waals surface area contributed by atoms with E-state index in [1.165, 1.54) is 0 Å². The van der Waals surface area contributed by atoms with Gasteiger partial charge in [-0.25, -0.2) is 0 Å². The van der Waals surface area contributed by atoms with Gasteiger partial charge >= 0.3 is 5.97 Å². The zero-order valence-electron chi connectivity index (χ0n) is 12.6. The van der Waals surface area contributed by atoms with Crippen molar-refractivity contribution in [3.05, 3.63) is 53.9 Å². The standard InChI is InChI=1S/C16H19N3O3/c1-16(2,15(21)22)11-17-14(20)13-7-4-3-6-12(13)10-19-9-5-8-18-19/h3-9H,10-11H2,1-2H3,(H,17,20)(H,21,22). The third kappa shape index (κ3) is 3.72. The van der Waals surface area contributed by atoms with Crippen LogP contribution in [0.25, 0.3) is 0 Å². The molecule has 1 heterocycles. The molecule has 0 bridgehead atoms. The molecule has 0 unspecified atom stereocenters. The van der Waals surface area contributed by atoms with E-state index >= 15 is 0 Å². The van der Waals surface area contributed by atoms with Crippen molar-refractivity contribution in [2.24, 2.45) is 5.41 Å². The Labute approximate surface area is 128 Å². The fraction of sp³-hybridized carbons (Fsp3) is 0.312. The molecule has 0 saturated heterocycles. The van der Waals surface area contributed by atoms with E-state index in [9.17, 15) is 9.59 Å². The summed E-state index contributed by atoms with van der Waals surface area (Å²) in [6.07, 6.45) is 3.50. The van der Waals surface area contributed by atoms with E-state index in [2.05, 4.69) is 10.4 Å². The SMILES string of the molecule is CC(C)(CNC(=O)c1ccccc1Cn1cccn1)C(=O)O. The van der Waals surface area contributed by atoms with Crippen molar-refractivity contribution < 1.29 is 14.7 Å². The largest absolute Gasteiger partial charge is 0.481 e. The number of aliphatic carboxylic acids is 1. The third-order valence-electron chi connectivity index (χ3n) is 3.42. The van der Waals surface area contributed by atoms with Crippen molar-refractivity contribution in [2.75, 3.05) is 6.54 Å². The summed E-state index contributed by atoms with van der Waals surface area (Å²) in [5.74, 6) is -1.23. The highest BCUT2D eigenvalue weighted by Gasteiger charge is 2.28. The van der Waals surface area contributed by atoms with E-state index in [0.29, 0.717) is 12.1 Å². The molecule has 6 nitrogen and oxygen atoms in total. The Morgan fingerprint density at radius 2 is 2.00 bits per heavy atom. The Kier molecular flexibility index (Phi) is 4.60. The molecule has 2 rings (SSSR count). The van der Waals surface area contributed by atoms with Crippen molar-refractivity contribution in [3.8, 4) is 0 Å². The van der Waals surface area contributed by atoms with Gasteiger partial charge in [0.2, 0.25) is 0 Å². The van der Waals surface area contributed by atoms with Gasteiger partial charge < -0.3 is 10.4 Å². The maximum Gasteiger partial charge on any atom is 0.310 e. The van der Waals surface area contributed by atoms with Crippen molar-refractivity contribution in [1.29, 1.82) is 0 Å². The number of hydrogen-bond donors (Lipinski definition) is 2. The van der Waals surface area contributed by atoms with Crippen LogP contribution in [0.1, 0.15) is 29.8 Å². The average molecular weight is 301 g/mol. The van der Waals surface area contributed by atoms with Crippen LogP contribution in [-0.4, -0.2) is 33.3 Å². The summed E-state index contributed by atoms with van der Waals surface area (Å²) in [6, 6.07) is 9.04. The number of carbonyl (C=O) groups is 2.